The average molecular weight is 438 g/mol. The predicted octanol–water partition coefficient (Wildman–Crippen LogP) is 3.31. The largest absolute Gasteiger partial charge is 0.340 e. The molecule has 0 bridgehead atoms. The molecule has 8 heteroatoms. The number of nitrogens with two attached hydrogens (primary N) is 1. The van der Waals surface area contributed by atoms with E-state index in [0.29, 0.717) is 24.3 Å². The SMILES string of the molecule is CN(CCCCCC1CC(c2ccccc2)NN1)C(=O)c1csc(CCN)n1.Cl. The lowest BCUT2D eigenvalue weighted by Crippen LogP contribution is -2.30. The van der Waals surface area contributed by atoms with Gasteiger partial charge in [0.1, 0.15) is 5.69 Å². The highest BCUT2D eigenvalue weighted by atomic mass is 35.5. The standard InChI is InChI=1S/C21H31N5OS.ClH/c1-26(21(27)19-15-28-20(23-19)11-12-22)13-7-3-6-10-17-14-18(25-24-17)16-8-4-2-5-9-16;/h2,4-5,8-9,15,17-18,24-25H,3,6-7,10-14,22H2,1H3;1H. The molecule has 160 valence electrons. The fourth-order valence-corrected chi connectivity index (χ4v) is 4.36. The van der Waals surface area contributed by atoms with Gasteiger partial charge in [0, 0.05) is 37.5 Å². The van der Waals surface area contributed by atoms with Gasteiger partial charge in [-0.05, 0) is 31.4 Å². The fraction of sp³-hybridized carbons (Fsp3) is 0.524. The number of carbonyl (C=O) groups excluding carboxylic acids is 1. The number of aromatic nitrogens is 1. The Morgan fingerprint density at radius 3 is 2.79 bits per heavy atom. The quantitative estimate of drug-likeness (QED) is 0.496. The number of nitrogens with zero attached hydrogens (tertiary/aromatic N) is 2. The van der Waals surface area contributed by atoms with Gasteiger partial charge in [-0.15, -0.1) is 23.7 Å². The van der Waals surface area contributed by atoms with Crippen molar-refractivity contribution >= 4 is 29.7 Å². The Labute approximate surface area is 183 Å². The van der Waals surface area contributed by atoms with E-state index < -0.39 is 0 Å². The predicted molar refractivity (Wildman–Crippen MR) is 121 cm³/mol. The van der Waals surface area contributed by atoms with E-state index >= 15 is 0 Å². The van der Waals surface area contributed by atoms with Gasteiger partial charge in [0.25, 0.3) is 5.91 Å². The van der Waals surface area contributed by atoms with Crippen molar-refractivity contribution in [2.75, 3.05) is 20.1 Å². The van der Waals surface area contributed by atoms with Gasteiger partial charge in [-0.1, -0.05) is 43.2 Å². The summed E-state index contributed by atoms with van der Waals surface area (Å²) in [7, 11) is 1.86. The summed E-state index contributed by atoms with van der Waals surface area (Å²) >= 11 is 1.51. The molecule has 1 aliphatic rings. The molecule has 1 aliphatic heterocycles. The van der Waals surface area contributed by atoms with Crippen LogP contribution in [0.5, 0.6) is 0 Å². The molecule has 0 saturated carbocycles. The number of nitrogens with one attached hydrogen (secondary N) is 2. The van der Waals surface area contributed by atoms with Crippen LogP contribution in [0.3, 0.4) is 0 Å². The summed E-state index contributed by atoms with van der Waals surface area (Å²) < 4.78 is 0. The molecule has 4 N–H and O–H groups in total. The van der Waals surface area contributed by atoms with Gasteiger partial charge in [0.15, 0.2) is 0 Å². The Morgan fingerprint density at radius 2 is 2.03 bits per heavy atom. The summed E-state index contributed by atoms with van der Waals surface area (Å²) in [6.45, 7) is 1.33. The Balaban J connectivity index is 0.00000300. The van der Waals surface area contributed by atoms with Crippen LogP contribution in [0.4, 0.5) is 0 Å². The monoisotopic (exact) mass is 437 g/mol. The number of hydrogen-bond acceptors (Lipinski definition) is 6. The van der Waals surface area contributed by atoms with Crippen LogP contribution in [0.2, 0.25) is 0 Å². The molecule has 1 amide bonds. The van der Waals surface area contributed by atoms with Crippen LogP contribution in [0.15, 0.2) is 35.7 Å². The molecule has 1 aromatic carbocycles. The van der Waals surface area contributed by atoms with Crippen molar-refractivity contribution in [1.82, 2.24) is 20.7 Å². The fourth-order valence-electron chi connectivity index (χ4n) is 3.58. The van der Waals surface area contributed by atoms with Crippen LogP contribution in [0, 0.1) is 0 Å². The lowest BCUT2D eigenvalue weighted by molar-refractivity contribution is 0.0787. The molecule has 1 aromatic heterocycles. The molecule has 2 atom stereocenters. The third-order valence-electron chi connectivity index (χ3n) is 5.21. The van der Waals surface area contributed by atoms with Crippen molar-refractivity contribution in [1.29, 1.82) is 0 Å². The van der Waals surface area contributed by atoms with Crippen LogP contribution in [-0.4, -0.2) is 42.0 Å². The van der Waals surface area contributed by atoms with Gasteiger partial charge < -0.3 is 10.6 Å². The van der Waals surface area contributed by atoms with E-state index in [1.165, 1.54) is 23.3 Å². The summed E-state index contributed by atoms with van der Waals surface area (Å²) in [6.07, 6.45) is 6.32. The molecule has 2 unspecified atom stereocenters. The van der Waals surface area contributed by atoms with Crippen molar-refractivity contribution in [2.45, 2.75) is 50.6 Å². The maximum absolute atomic E-state index is 12.4. The molecule has 6 nitrogen and oxygen atoms in total. The molecular weight excluding hydrogens is 406 g/mol. The van der Waals surface area contributed by atoms with E-state index in [1.807, 2.05) is 12.4 Å². The van der Waals surface area contributed by atoms with Gasteiger partial charge in [-0.2, -0.15) is 0 Å². The van der Waals surface area contributed by atoms with Gasteiger partial charge in [-0.3, -0.25) is 15.6 Å². The normalized spacial score (nSPS) is 18.4. The lowest BCUT2D eigenvalue weighted by Gasteiger charge is -2.16. The number of unbranched alkanes of at least 4 members (excludes halogenated alkanes) is 2. The zero-order valence-electron chi connectivity index (χ0n) is 17.0. The lowest BCUT2D eigenvalue weighted by atomic mass is 9.99. The zero-order valence-corrected chi connectivity index (χ0v) is 18.6. The third kappa shape index (κ3) is 7.04. The molecule has 2 aromatic rings. The van der Waals surface area contributed by atoms with E-state index in [0.717, 1.165) is 43.7 Å². The second-order valence-electron chi connectivity index (χ2n) is 7.43. The summed E-state index contributed by atoms with van der Waals surface area (Å²) in [5, 5.41) is 2.77. The molecule has 0 spiro atoms. The number of rotatable bonds is 10. The number of hydrazine groups is 1. The van der Waals surface area contributed by atoms with Crippen LogP contribution >= 0.6 is 23.7 Å². The Morgan fingerprint density at radius 1 is 1.24 bits per heavy atom. The molecular formula is C21H32ClN5OS. The maximum Gasteiger partial charge on any atom is 0.273 e. The highest BCUT2D eigenvalue weighted by Gasteiger charge is 2.24. The second kappa shape index (κ2) is 12.2. The number of hydrogen-bond donors (Lipinski definition) is 3. The van der Waals surface area contributed by atoms with Crippen LogP contribution in [0.1, 0.15) is 59.2 Å². The number of benzene rings is 1. The van der Waals surface area contributed by atoms with E-state index in [1.54, 1.807) is 4.90 Å². The minimum absolute atomic E-state index is 0. The van der Waals surface area contributed by atoms with Crippen molar-refractivity contribution in [3.63, 3.8) is 0 Å². The van der Waals surface area contributed by atoms with Crippen LogP contribution in [0.25, 0.3) is 0 Å². The van der Waals surface area contributed by atoms with Gasteiger partial charge >= 0.3 is 0 Å². The Kier molecular flexibility index (Phi) is 10.0. The first kappa shape index (κ1) is 23.8. The molecule has 1 saturated heterocycles. The van der Waals surface area contributed by atoms with E-state index in [9.17, 15) is 4.79 Å². The summed E-state index contributed by atoms with van der Waals surface area (Å²) in [6, 6.07) is 11.5. The van der Waals surface area contributed by atoms with Gasteiger partial charge in [0.05, 0.1) is 5.01 Å². The Hall–Kier alpha value is -1.51. The van der Waals surface area contributed by atoms with Crippen molar-refractivity contribution in [2.24, 2.45) is 5.73 Å². The van der Waals surface area contributed by atoms with Crippen molar-refractivity contribution in [3.05, 3.63) is 52.0 Å². The molecule has 0 aliphatic carbocycles. The smallest absolute Gasteiger partial charge is 0.273 e. The van der Waals surface area contributed by atoms with Gasteiger partial charge in [-0.25, -0.2) is 4.98 Å². The van der Waals surface area contributed by atoms with Crippen molar-refractivity contribution in [3.8, 4) is 0 Å². The van der Waals surface area contributed by atoms with Crippen LogP contribution < -0.4 is 16.6 Å². The number of thiazole rings is 1. The molecule has 1 fully saturated rings. The maximum atomic E-state index is 12.4. The number of carbonyl (C=O) groups is 1. The average Bonchev–Trinajstić information content (AvgIpc) is 3.38. The summed E-state index contributed by atoms with van der Waals surface area (Å²) in [4.78, 5) is 18.6. The van der Waals surface area contributed by atoms with E-state index in [2.05, 4.69) is 46.2 Å². The molecule has 0 radical (unpaired) electrons. The minimum atomic E-state index is 0. The number of halogens is 1. The van der Waals surface area contributed by atoms with Crippen molar-refractivity contribution < 1.29 is 4.79 Å². The van der Waals surface area contributed by atoms with E-state index in [-0.39, 0.29) is 18.3 Å². The third-order valence-corrected chi connectivity index (χ3v) is 6.11. The minimum Gasteiger partial charge on any atom is -0.340 e. The molecule has 2 heterocycles. The van der Waals surface area contributed by atoms with Crippen LogP contribution in [-0.2, 0) is 6.42 Å². The van der Waals surface area contributed by atoms with E-state index in [4.69, 9.17) is 5.73 Å². The van der Waals surface area contributed by atoms with Gasteiger partial charge in [0.2, 0.25) is 0 Å². The Bertz CT molecular complexity index is 742. The summed E-state index contributed by atoms with van der Waals surface area (Å²) in [5.74, 6) is 0.00637. The zero-order chi connectivity index (χ0) is 19.8. The highest BCUT2D eigenvalue weighted by Crippen LogP contribution is 2.24. The second-order valence-corrected chi connectivity index (χ2v) is 8.37. The first-order valence-electron chi connectivity index (χ1n) is 10.1. The first-order chi connectivity index (χ1) is 13.7. The summed E-state index contributed by atoms with van der Waals surface area (Å²) in [5.41, 5.74) is 14.3. The topological polar surface area (TPSA) is 83.3 Å². The highest BCUT2D eigenvalue weighted by molar-refractivity contribution is 7.09. The first-order valence-corrected chi connectivity index (χ1v) is 11.0. The molecule has 29 heavy (non-hydrogen) atoms. The number of amides is 1. The molecule has 3 rings (SSSR count).